The third-order valence-corrected chi connectivity index (χ3v) is 7.89. The number of hydrogen-bond acceptors (Lipinski definition) is 4. The number of hydrogen-bond donors (Lipinski definition) is 2. The predicted molar refractivity (Wildman–Crippen MR) is 181 cm³/mol. The lowest BCUT2D eigenvalue weighted by Crippen LogP contribution is -2.27. The van der Waals surface area contributed by atoms with Gasteiger partial charge in [-0.25, -0.2) is 0 Å². The standard InChI is InChI=1S/C38H54N2O2/c1-35(2,3)28-20-26(33(41)31(22-28)37(7,8)9)24-39-18-19-40(30-16-14-13-15-17-30)25-27-21-29(36(4,5)6)23-32(34(27)42)38(10,11)12/h13-17,20-24,41-42H,18-19,25H2,1-12H3. The van der Waals surface area contributed by atoms with Crippen molar-refractivity contribution in [3.05, 3.63) is 88.0 Å². The second kappa shape index (κ2) is 12.1. The molecule has 0 aliphatic carbocycles. The van der Waals surface area contributed by atoms with Gasteiger partial charge in [0.25, 0.3) is 0 Å². The van der Waals surface area contributed by atoms with E-state index in [9.17, 15) is 10.2 Å². The Morgan fingerprint density at radius 3 is 1.64 bits per heavy atom. The van der Waals surface area contributed by atoms with Gasteiger partial charge in [0, 0.05) is 41.7 Å². The minimum atomic E-state index is -0.187. The average Bonchev–Trinajstić information content (AvgIpc) is 2.85. The Morgan fingerprint density at radius 2 is 1.14 bits per heavy atom. The second-order valence-electron chi connectivity index (χ2n) is 15.8. The number of benzene rings is 3. The Kier molecular flexibility index (Phi) is 9.61. The molecule has 228 valence electrons. The van der Waals surface area contributed by atoms with Gasteiger partial charge < -0.3 is 15.1 Å². The summed E-state index contributed by atoms with van der Waals surface area (Å²) in [5.41, 5.74) is 6.61. The molecule has 0 amide bonds. The maximum atomic E-state index is 11.5. The smallest absolute Gasteiger partial charge is 0.128 e. The van der Waals surface area contributed by atoms with Crippen LogP contribution >= 0.6 is 0 Å². The van der Waals surface area contributed by atoms with Crippen LogP contribution in [0.15, 0.2) is 59.6 Å². The van der Waals surface area contributed by atoms with Crippen molar-refractivity contribution in [3.63, 3.8) is 0 Å². The van der Waals surface area contributed by atoms with E-state index < -0.39 is 0 Å². The van der Waals surface area contributed by atoms with Crippen molar-refractivity contribution in [2.24, 2.45) is 4.99 Å². The summed E-state index contributed by atoms with van der Waals surface area (Å²) in [6, 6.07) is 18.8. The van der Waals surface area contributed by atoms with E-state index in [-0.39, 0.29) is 21.7 Å². The Morgan fingerprint density at radius 1 is 0.643 bits per heavy atom. The number of aliphatic imine (C=N–C) groups is 1. The van der Waals surface area contributed by atoms with E-state index in [0.717, 1.165) is 27.9 Å². The summed E-state index contributed by atoms with van der Waals surface area (Å²) >= 11 is 0. The minimum Gasteiger partial charge on any atom is -0.507 e. The summed E-state index contributed by atoms with van der Waals surface area (Å²) in [4.78, 5) is 7.08. The SMILES string of the molecule is CC(C)(C)c1cc(C=NCCN(Cc2cc(C(C)(C)C)cc(C(C)(C)C)c2O)c2ccccc2)c(O)c(C(C)(C)C)c1. The van der Waals surface area contributed by atoms with Crippen LogP contribution in [-0.2, 0) is 28.2 Å². The zero-order chi connectivity index (χ0) is 31.7. The summed E-state index contributed by atoms with van der Waals surface area (Å²) in [6.07, 6.45) is 1.82. The van der Waals surface area contributed by atoms with E-state index in [1.165, 1.54) is 11.1 Å². The van der Waals surface area contributed by atoms with Gasteiger partial charge in [-0.3, -0.25) is 4.99 Å². The van der Waals surface area contributed by atoms with Crippen LogP contribution in [0.4, 0.5) is 5.69 Å². The maximum Gasteiger partial charge on any atom is 0.128 e. The van der Waals surface area contributed by atoms with Gasteiger partial charge >= 0.3 is 0 Å². The summed E-state index contributed by atoms with van der Waals surface area (Å²) in [6.45, 7) is 27.8. The van der Waals surface area contributed by atoms with Crippen LogP contribution in [0, 0.1) is 0 Å². The van der Waals surface area contributed by atoms with E-state index >= 15 is 0 Å². The lowest BCUT2D eigenvalue weighted by atomic mass is 9.79. The molecule has 0 unspecified atom stereocenters. The molecule has 0 spiro atoms. The summed E-state index contributed by atoms with van der Waals surface area (Å²) in [5.74, 6) is 0.677. The molecule has 4 nitrogen and oxygen atoms in total. The van der Waals surface area contributed by atoms with Gasteiger partial charge in [-0.15, -0.1) is 0 Å². The first-order valence-electron chi connectivity index (χ1n) is 15.2. The molecule has 0 saturated heterocycles. The fourth-order valence-electron chi connectivity index (χ4n) is 5.07. The molecule has 0 heterocycles. The number of nitrogens with zero attached hydrogens (tertiary/aromatic N) is 2. The highest BCUT2D eigenvalue weighted by Crippen LogP contribution is 2.39. The van der Waals surface area contributed by atoms with Crippen molar-refractivity contribution in [1.29, 1.82) is 0 Å². The molecule has 0 atom stereocenters. The molecular weight excluding hydrogens is 516 g/mol. The zero-order valence-electron chi connectivity index (χ0n) is 28.2. The van der Waals surface area contributed by atoms with E-state index in [1.54, 1.807) is 0 Å². The van der Waals surface area contributed by atoms with Gasteiger partial charge in [-0.1, -0.05) is 113 Å². The van der Waals surface area contributed by atoms with Gasteiger partial charge in [0.15, 0.2) is 0 Å². The van der Waals surface area contributed by atoms with Gasteiger partial charge in [-0.05, 0) is 62.6 Å². The number of anilines is 1. The topological polar surface area (TPSA) is 56.1 Å². The quantitative estimate of drug-likeness (QED) is 0.278. The van der Waals surface area contributed by atoms with Crippen LogP contribution in [0.1, 0.15) is 116 Å². The third-order valence-electron chi connectivity index (χ3n) is 7.89. The largest absolute Gasteiger partial charge is 0.507 e. The molecule has 4 heteroatoms. The number of rotatable bonds is 7. The first kappa shape index (κ1) is 33.2. The Balaban J connectivity index is 1.97. The monoisotopic (exact) mass is 570 g/mol. The van der Waals surface area contributed by atoms with Crippen molar-refractivity contribution in [2.45, 2.75) is 111 Å². The van der Waals surface area contributed by atoms with Crippen LogP contribution in [0.3, 0.4) is 0 Å². The fraction of sp³-hybridized carbons (Fsp3) is 0.500. The van der Waals surface area contributed by atoms with Crippen LogP contribution in [0.25, 0.3) is 0 Å². The number of para-hydroxylation sites is 1. The van der Waals surface area contributed by atoms with Crippen LogP contribution in [-0.4, -0.2) is 29.5 Å². The highest BCUT2D eigenvalue weighted by molar-refractivity contribution is 5.85. The van der Waals surface area contributed by atoms with E-state index in [0.29, 0.717) is 31.1 Å². The van der Waals surface area contributed by atoms with Crippen LogP contribution in [0.2, 0.25) is 0 Å². The summed E-state index contributed by atoms with van der Waals surface area (Å²) in [7, 11) is 0. The van der Waals surface area contributed by atoms with Gasteiger partial charge in [0.1, 0.15) is 11.5 Å². The fourth-order valence-corrected chi connectivity index (χ4v) is 5.07. The Labute approximate surface area is 255 Å². The molecule has 0 radical (unpaired) electrons. The lowest BCUT2D eigenvalue weighted by molar-refractivity contribution is 0.437. The second-order valence-corrected chi connectivity index (χ2v) is 15.8. The van der Waals surface area contributed by atoms with Crippen molar-refractivity contribution >= 4 is 11.9 Å². The average molecular weight is 571 g/mol. The van der Waals surface area contributed by atoms with Crippen LogP contribution < -0.4 is 4.90 Å². The number of phenols is 2. The molecule has 0 saturated carbocycles. The molecule has 3 aromatic rings. The highest BCUT2D eigenvalue weighted by atomic mass is 16.3. The third kappa shape index (κ3) is 8.18. The molecule has 3 aromatic carbocycles. The molecule has 0 aromatic heterocycles. The number of phenolic OH excluding ortho intramolecular Hbond substituents is 2. The molecule has 0 fully saturated rings. The summed E-state index contributed by atoms with van der Waals surface area (Å²) in [5, 5.41) is 22.6. The van der Waals surface area contributed by atoms with Crippen molar-refractivity contribution in [1.82, 2.24) is 0 Å². The van der Waals surface area contributed by atoms with Crippen molar-refractivity contribution < 1.29 is 10.2 Å². The molecule has 0 aliphatic rings. The van der Waals surface area contributed by atoms with Gasteiger partial charge in [0.05, 0.1) is 6.54 Å². The zero-order valence-corrected chi connectivity index (χ0v) is 28.2. The molecule has 42 heavy (non-hydrogen) atoms. The van der Waals surface area contributed by atoms with Gasteiger partial charge in [-0.2, -0.15) is 0 Å². The normalized spacial score (nSPS) is 13.1. The van der Waals surface area contributed by atoms with E-state index in [2.05, 4.69) is 124 Å². The number of aromatic hydroxyl groups is 2. The van der Waals surface area contributed by atoms with Crippen molar-refractivity contribution in [3.8, 4) is 11.5 Å². The minimum absolute atomic E-state index is 0.0418. The van der Waals surface area contributed by atoms with E-state index in [1.807, 2.05) is 24.4 Å². The lowest BCUT2D eigenvalue weighted by Gasteiger charge is -2.30. The molecule has 2 N–H and O–H groups in total. The molecule has 0 bridgehead atoms. The van der Waals surface area contributed by atoms with E-state index in [4.69, 9.17) is 4.99 Å². The molecular formula is C38H54N2O2. The predicted octanol–water partition coefficient (Wildman–Crippen LogP) is 9.41. The maximum absolute atomic E-state index is 11.5. The first-order chi connectivity index (χ1) is 19.2. The first-order valence-corrected chi connectivity index (χ1v) is 15.2. The molecule has 0 aliphatic heterocycles. The van der Waals surface area contributed by atoms with Gasteiger partial charge in [0.2, 0.25) is 0 Å². The molecule has 3 rings (SSSR count). The Hall–Kier alpha value is -3.27. The highest BCUT2D eigenvalue weighted by Gasteiger charge is 2.26. The Bertz CT molecular complexity index is 1390. The summed E-state index contributed by atoms with van der Waals surface area (Å²) < 4.78 is 0. The van der Waals surface area contributed by atoms with Crippen LogP contribution in [0.5, 0.6) is 11.5 Å². The van der Waals surface area contributed by atoms with Crippen molar-refractivity contribution in [2.75, 3.05) is 18.0 Å².